The van der Waals surface area contributed by atoms with Crippen LogP contribution in [0.3, 0.4) is 0 Å². The van der Waals surface area contributed by atoms with Gasteiger partial charge in [-0.3, -0.25) is 13.2 Å². The minimum Gasteiger partial charge on any atom is -0.455 e. The van der Waals surface area contributed by atoms with Gasteiger partial charge in [-0.2, -0.15) is 0 Å². The van der Waals surface area contributed by atoms with E-state index in [1.807, 2.05) is 24.3 Å². The van der Waals surface area contributed by atoms with Crippen LogP contribution < -0.4 is 0 Å². The van der Waals surface area contributed by atoms with Crippen molar-refractivity contribution in [2.45, 2.75) is 0 Å². The van der Waals surface area contributed by atoms with Gasteiger partial charge in [0.15, 0.2) is 0 Å². The van der Waals surface area contributed by atoms with E-state index in [0.717, 1.165) is 203 Å². The molecule has 33 rings (SSSR count). The SMILES string of the molecule is c1cc(-c2ccc3c(c2)c2nc4ccccc4cc2c2nc4ccccc4n32)cc(-c2cc3c4ccccc4c4ccccc4c3c3ccccc23)c1.c1cc(-c2ccc3c(c2)c2nc4ccccc4cc2c2nc4ccccc4n32)cc(-c2cccc3c2oc2ccccc23)c1.c1cc(-c2ccc3c4ccccc4c4ccccc4c3c2)cc(-c2ccc3c(c2)c2nc4ccccc4cc2c2nc4ccccc4n32)c1. The van der Waals surface area contributed by atoms with Crippen molar-refractivity contribution in [1.82, 2.24) is 43.1 Å². The number of fused-ring (bicyclic) bond motifs is 44. The number of furan rings is 1. The van der Waals surface area contributed by atoms with Gasteiger partial charge in [0, 0.05) is 64.8 Å². The van der Waals surface area contributed by atoms with Crippen LogP contribution in [-0.4, -0.2) is 43.1 Å². The zero-order valence-electron chi connectivity index (χ0n) is 78.5. The Morgan fingerprint density at radius 2 is 0.445 bits per heavy atom. The molecule has 0 radical (unpaired) electrons. The highest BCUT2D eigenvalue weighted by Gasteiger charge is 2.25. The highest BCUT2D eigenvalue weighted by Crippen LogP contribution is 2.48. The summed E-state index contributed by atoms with van der Waals surface area (Å²) >= 11 is 0. The summed E-state index contributed by atoms with van der Waals surface area (Å²) in [6.07, 6.45) is 0. The second-order valence-corrected chi connectivity index (χ2v) is 38.6. The molecular formula is C136H79N9O. The summed E-state index contributed by atoms with van der Waals surface area (Å²) in [5.74, 6) is 0. The molecule has 674 valence electrons. The summed E-state index contributed by atoms with van der Waals surface area (Å²) < 4.78 is 13.3. The molecule has 0 aliphatic carbocycles. The Kier molecular flexibility index (Phi) is 17.8. The Morgan fingerprint density at radius 3 is 0.884 bits per heavy atom. The van der Waals surface area contributed by atoms with Crippen molar-refractivity contribution in [3.8, 4) is 66.8 Å². The lowest BCUT2D eigenvalue weighted by molar-refractivity contribution is 0.670. The van der Waals surface area contributed by atoms with Gasteiger partial charge in [-0.1, -0.05) is 334 Å². The van der Waals surface area contributed by atoms with Gasteiger partial charge in [0.2, 0.25) is 0 Å². The number of aromatic nitrogens is 9. The molecule has 0 spiro atoms. The molecule has 0 unspecified atom stereocenters. The first kappa shape index (κ1) is 81.2. The highest BCUT2D eigenvalue weighted by atomic mass is 16.3. The van der Waals surface area contributed by atoms with E-state index in [2.05, 4.69) is 468 Å². The molecule has 10 aromatic heterocycles. The summed E-state index contributed by atoms with van der Waals surface area (Å²) in [7, 11) is 0. The molecule has 0 N–H and O–H groups in total. The lowest BCUT2D eigenvalue weighted by Crippen LogP contribution is -1.94. The smallest absolute Gasteiger partial charge is 0.147 e. The standard InChI is InChI=1S/C50H29N3.C46H27N3.C40H23N3O/c1-8-21-44-33(12-1)28-43-49(51-44)42-27-31(24-25-46(42)53-47-23-10-9-22-45(47)52-50(43)53)30-13-11-14-32(26-30)40-29-41-36-17-3-2-15-34(36)35-16-4-6-19-38(35)48(41)39-20-7-5-18-37(39)40;1-6-17-41-32(10-1)27-40-45(47-41)39-26-31(21-23-43(39)49-44-19-8-7-18-42(44)48-46(40)49)29-12-9-11-28(24-29)30-20-22-37-35-15-3-2-13-33(35)34-14-4-5-16-36(34)38(37)25-30;1-3-15-33-27(9-1)23-32-38(41-33)31-22-25(19-20-35(31)43-36-17-5-4-16-34(36)42-40(32)43)24-10-7-11-26(21-24)28-13-8-14-30-29-12-2-6-18-37(29)44-39(28)30/h1-29H;1-27H;1-23H. The Morgan fingerprint density at radius 1 is 0.151 bits per heavy atom. The summed E-state index contributed by atoms with van der Waals surface area (Å²) in [5.41, 5.74) is 34.0. The Balaban J connectivity index is 0.0000000999. The fraction of sp³-hybridized carbons (Fsp3) is 0. The molecule has 0 amide bonds. The van der Waals surface area contributed by atoms with Crippen LogP contribution in [0, 0.1) is 0 Å². The number of benzene rings is 23. The van der Waals surface area contributed by atoms with Crippen LogP contribution >= 0.6 is 0 Å². The third-order valence-electron chi connectivity index (χ3n) is 30.5. The Bertz CT molecular complexity index is 11500. The van der Waals surface area contributed by atoms with Crippen LogP contribution in [0.15, 0.2) is 484 Å². The van der Waals surface area contributed by atoms with E-state index < -0.39 is 0 Å². The third kappa shape index (κ3) is 12.5. The Hall–Kier alpha value is -19.7. The summed E-state index contributed by atoms with van der Waals surface area (Å²) in [4.78, 5) is 31.1. The molecule has 33 aromatic rings. The maximum atomic E-state index is 6.38. The van der Waals surface area contributed by atoms with Crippen LogP contribution in [0.25, 0.3) is 312 Å². The maximum absolute atomic E-state index is 6.38. The molecule has 0 aliphatic heterocycles. The molecule has 0 fully saturated rings. The van der Waals surface area contributed by atoms with Gasteiger partial charge in [-0.25, -0.2) is 29.9 Å². The fourth-order valence-corrected chi connectivity index (χ4v) is 23.8. The quantitative estimate of drug-likeness (QED) is 0.121. The third-order valence-corrected chi connectivity index (χ3v) is 30.5. The molecule has 0 atom stereocenters. The van der Waals surface area contributed by atoms with Crippen molar-refractivity contribution in [2.75, 3.05) is 0 Å². The van der Waals surface area contributed by atoms with Gasteiger partial charge in [0.25, 0.3) is 0 Å². The van der Waals surface area contributed by atoms with Crippen molar-refractivity contribution in [1.29, 1.82) is 0 Å². The molecule has 0 bridgehead atoms. The normalized spacial score (nSPS) is 12.1. The second-order valence-electron chi connectivity index (χ2n) is 38.6. The lowest BCUT2D eigenvalue weighted by Gasteiger charge is -2.16. The Labute approximate surface area is 833 Å². The van der Waals surface area contributed by atoms with Gasteiger partial charge in [0.05, 0.1) is 82.8 Å². The molecule has 0 aliphatic rings. The average Bonchev–Trinajstić information content (AvgIpc) is 1.05. The average molecular weight is 1860 g/mol. The van der Waals surface area contributed by atoms with E-state index in [1.165, 1.54) is 109 Å². The van der Waals surface area contributed by atoms with Crippen LogP contribution in [0.1, 0.15) is 0 Å². The molecule has 146 heavy (non-hydrogen) atoms. The molecule has 0 saturated carbocycles. The topological polar surface area (TPSA) is 104 Å². The van der Waals surface area contributed by atoms with E-state index in [9.17, 15) is 0 Å². The molecule has 10 heterocycles. The van der Waals surface area contributed by atoms with Crippen molar-refractivity contribution >= 4 is 246 Å². The van der Waals surface area contributed by atoms with Gasteiger partial charge in [-0.05, 0) is 282 Å². The van der Waals surface area contributed by atoms with Crippen molar-refractivity contribution in [3.05, 3.63) is 479 Å². The van der Waals surface area contributed by atoms with Gasteiger partial charge in [0.1, 0.15) is 28.1 Å². The monoisotopic (exact) mass is 1850 g/mol. The van der Waals surface area contributed by atoms with Gasteiger partial charge >= 0.3 is 0 Å². The molecule has 23 aromatic carbocycles. The predicted octanol–water partition coefficient (Wildman–Crippen LogP) is 36.0. The van der Waals surface area contributed by atoms with E-state index in [0.29, 0.717) is 0 Å². The van der Waals surface area contributed by atoms with Crippen LogP contribution in [0.2, 0.25) is 0 Å². The number of hydrogen-bond donors (Lipinski definition) is 0. The first-order chi connectivity index (χ1) is 72.4. The minimum atomic E-state index is 0.908. The van der Waals surface area contributed by atoms with E-state index in [-0.39, 0.29) is 0 Å². The first-order valence-electron chi connectivity index (χ1n) is 49.8. The second kappa shape index (κ2) is 31.9. The number of hydrogen-bond acceptors (Lipinski definition) is 7. The molecule has 0 saturated heterocycles. The van der Waals surface area contributed by atoms with E-state index in [4.69, 9.17) is 34.3 Å². The largest absolute Gasteiger partial charge is 0.455 e. The van der Waals surface area contributed by atoms with Gasteiger partial charge < -0.3 is 4.42 Å². The summed E-state index contributed by atoms with van der Waals surface area (Å²) in [6, 6.07) is 172. The van der Waals surface area contributed by atoms with Gasteiger partial charge in [-0.15, -0.1) is 0 Å². The van der Waals surface area contributed by atoms with Crippen molar-refractivity contribution in [2.24, 2.45) is 0 Å². The molecule has 10 heteroatoms. The molecule has 10 nitrogen and oxygen atoms in total. The number of nitrogens with zero attached hydrogens (tertiary/aromatic N) is 9. The number of rotatable bonds is 6. The lowest BCUT2D eigenvalue weighted by atomic mass is 9.87. The number of para-hydroxylation sites is 11. The number of imidazole rings is 3. The van der Waals surface area contributed by atoms with E-state index in [1.54, 1.807) is 0 Å². The fourth-order valence-electron chi connectivity index (χ4n) is 23.8. The summed E-state index contributed by atoms with van der Waals surface area (Å²) in [6.45, 7) is 0. The van der Waals surface area contributed by atoms with Crippen molar-refractivity contribution in [3.63, 3.8) is 0 Å². The highest BCUT2D eigenvalue weighted by molar-refractivity contribution is 6.34. The van der Waals surface area contributed by atoms with Crippen molar-refractivity contribution < 1.29 is 4.42 Å². The zero-order chi connectivity index (χ0) is 95.5. The number of pyridine rings is 6. The predicted molar refractivity (Wildman–Crippen MR) is 611 cm³/mol. The first-order valence-corrected chi connectivity index (χ1v) is 49.8. The summed E-state index contributed by atoms with van der Waals surface area (Å²) in [5, 5.41) is 30.1. The van der Waals surface area contributed by atoms with Crippen LogP contribution in [0.4, 0.5) is 0 Å². The van der Waals surface area contributed by atoms with Crippen LogP contribution in [0.5, 0.6) is 0 Å². The molecular weight excluding hydrogens is 1780 g/mol. The zero-order valence-corrected chi connectivity index (χ0v) is 78.5. The minimum absolute atomic E-state index is 0.908. The van der Waals surface area contributed by atoms with E-state index >= 15 is 0 Å². The maximum Gasteiger partial charge on any atom is 0.147 e. The van der Waals surface area contributed by atoms with Crippen LogP contribution in [-0.2, 0) is 0 Å².